The predicted molar refractivity (Wildman–Crippen MR) is 120 cm³/mol. The van der Waals surface area contributed by atoms with Crippen LogP contribution in [-0.2, 0) is 14.4 Å². The van der Waals surface area contributed by atoms with Crippen molar-refractivity contribution in [3.63, 3.8) is 0 Å². The monoisotopic (exact) mass is 498 g/mol. The van der Waals surface area contributed by atoms with E-state index in [1.807, 2.05) is 6.07 Å². The van der Waals surface area contributed by atoms with Crippen LogP contribution in [0.3, 0.4) is 0 Å². The fraction of sp³-hybridized carbons (Fsp3) is 0.130. The molecule has 0 radical (unpaired) electrons. The number of anilines is 2. The number of carbonyl (C=O) groups excluding carboxylic acids is 2. The zero-order valence-electron chi connectivity index (χ0n) is 16.0. The van der Waals surface area contributed by atoms with Crippen LogP contribution in [0.4, 0.5) is 11.4 Å². The van der Waals surface area contributed by atoms with Crippen LogP contribution in [0, 0.1) is 5.92 Å². The lowest BCUT2D eigenvalue weighted by atomic mass is 9.90. The Morgan fingerprint density at radius 2 is 1.61 bits per heavy atom. The van der Waals surface area contributed by atoms with Gasteiger partial charge in [0.1, 0.15) is 11.7 Å². The summed E-state index contributed by atoms with van der Waals surface area (Å²) in [6, 6.07) is 19.9. The van der Waals surface area contributed by atoms with E-state index in [-0.39, 0.29) is 11.7 Å². The fourth-order valence-electron chi connectivity index (χ4n) is 4.14. The molecule has 2 aliphatic heterocycles. The first-order valence-corrected chi connectivity index (χ1v) is 10.8. The third-order valence-corrected chi connectivity index (χ3v) is 6.26. The van der Waals surface area contributed by atoms with Crippen LogP contribution >= 0.6 is 27.5 Å². The van der Waals surface area contributed by atoms with Gasteiger partial charge in [-0.05, 0) is 54.6 Å². The van der Waals surface area contributed by atoms with Crippen LogP contribution in [0.1, 0.15) is 11.6 Å². The SMILES string of the molecule is O=C1[C@@H]2[C@@H](ON(c3ccc(Cl)cc3)[C@H]2c2cc(Br)ccc2O)C(=O)N1c1ccccc1. The number of amides is 2. The molecule has 2 amide bonds. The van der Waals surface area contributed by atoms with E-state index in [2.05, 4.69) is 15.9 Å². The van der Waals surface area contributed by atoms with Gasteiger partial charge in [0, 0.05) is 15.1 Å². The molecule has 0 saturated carbocycles. The van der Waals surface area contributed by atoms with Gasteiger partial charge in [-0.25, -0.2) is 9.96 Å². The average molecular weight is 500 g/mol. The van der Waals surface area contributed by atoms with Crippen molar-refractivity contribution in [1.82, 2.24) is 0 Å². The molecular formula is C23H16BrClN2O4. The molecule has 6 nitrogen and oxygen atoms in total. The maximum Gasteiger partial charge on any atom is 0.266 e. The molecule has 3 aromatic carbocycles. The van der Waals surface area contributed by atoms with Crippen molar-refractivity contribution in [2.45, 2.75) is 12.1 Å². The van der Waals surface area contributed by atoms with Crippen molar-refractivity contribution < 1.29 is 19.5 Å². The summed E-state index contributed by atoms with van der Waals surface area (Å²) in [5.41, 5.74) is 1.59. The number of aromatic hydroxyl groups is 1. The summed E-state index contributed by atoms with van der Waals surface area (Å²) in [7, 11) is 0. The molecule has 156 valence electrons. The summed E-state index contributed by atoms with van der Waals surface area (Å²) in [6.45, 7) is 0. The lowest BCUT2D eigenvalue weighted by molar-refractivity contribution is -0.126. The number of carbonyl (C=O) groups is 2. The molecule has 0 unspecified atom stereocenters. The van der Waals surface area contributed by atoms with Gasteiger partial charge in [-0.1, -0.05) is 45.7 Å². The molecule has 1 N–H and O–H groups in total. The lowest BCUT2D eigenvalue weighted by Crippen LogP contribution is -2.37. The lowest BCUT2D eigenvalue weighted by Gasteiger charge is -2.29. The summed E-state index contributed by atoms with van der Waals surface area (Å²) in [5.74, 6) is -1.63. The van der Waals surface area contributed by atoms with E-state index in [1.54, 1.807) is 66.7 Å². The number of phenolic OH excluding ortho intramolecular Hbond substituents is 1. The highest BCUT2D eigenvalue weighted by Crippen LogP contribution is 2.49. The fourth-order valence-corrected chi connectivity index (χ4v) is 4.64. The number of nitrogens with zero attached hydrogens (tertiary/aromatic N) is 2. The maximum absolute atomic E-state index is 13.5. The van der Waals surface area contributed by atoms with Crippen LogP contribution in [0.15, 0.2) is 77.3 Å². The number of imide groups is 1. The first kappa shape index (κ1) is 20.1. The van der Waals surface area contributed by atoms with Crippen molar-refractivity contribution in [2.75, 3.05) is 9.96 Å². The van der Waals surface area contributed by atoms with Crippen molar-refractivity contribution >= 4 is 50.7 Å². The van der Waals surface area contributed by atoms with Crippen molar-refractivity contribution in [3.8, 4) is 5.75 Å². The van der Waals surface area contributed by atoms with Gasteiger partial charge in [-0.15, -0.1) is 0 Å². The maximum atomic E-state index is 13.5. The molecule has 2 fully saturated rings. The van der Waals surface area contributed by atoms with Gasteiger partial charge >= 0.3 is 0 Å². The summed E-state index contributed by atoms with van der Waals surface area (Å²) in [4.78, 5) is 33.9. The second kappa shape index (κ2) is 7.67. The second-order valence-corrected chi connectivity index (χ2v) is 8.70. The normalized spacial score (nSPS) is 22.8. The predicted octanol–water partition coefficient (Wildman–Crippen LogP) is 4.86. The van der Waals surface area contributed by atoms with Crippen molar-refractivity contribution in [3.05, 3.63) is 87.9 Å². The number of hydrogen-bond acceptors (Lipinski definition) is 5. The van der Waals surface area contributed by atoms with Crippen molar-refractivity contribution in [2.24, 2.45) is 5.92 Å². The zero-order valence-corrected chi connectivity index (χ0v) is 18.3. The zero-order chi connectivity index (χ0) is 21.7. The molecule has 2 saturated heterocycles. The van der Waals surface area contributed by atoms with Crippen molar-refractivity contribution in [1.29, 1.82) is 0 Å². The van der Waals surface area contributed by atoms with E-state index in [1.165, 1.54) is 5.06 Å². The summed E-state index contributed by atoms with van der Waals surface area (Å²) < 4.78 is 0.733. The minimum atomic E-state index is -1.01. The first-order valence-electron chi connectivity index (χ1n) is 9.58. The molecule has 2 heterocycles. The Morgan fingerprint density at radius 3 is 2.32 bits per heavy atom. The van der Waals surface area contributed by atoms with Crippen LogP contribution in [0.25, 0.3) is 0 Å². The van der Waals surface area contributed by atoms with E-state index in [0.29, 0.717) is 22.0 Å². The number of phenols is 1. The van der Waals surface area contributed by atoms with Gasteiger partial charge in [0.15, 0.2) is 6.10 Å². The second-order valence-electron chi connectivity index (χ2n) is 7.35. The smallest absolute Gasteiger partial charge is 0.266 e. The topological polar surface area (TPSA) is 70.1 Å². The van der Waals surface area contributed by atoms with Gasteiger partial charge < -0.3 is 5.11 Å². The van der Waals surface area contributed by atoms with E-state index in [4.69, 9.17) is 16.4 Å². The van der Waals surface area contributed by atoms with E-state index in [0.717, 1.165) is 9.37 Å². The highest BCUT2D eigenvalue weighted by Gasteiger charge is 2.60. The van der Waals surface area contributed by atoms with Gasteiger partial charge in [-0.3, -0.25) is 14.4 Å². The summed E-state index contributed by atoms with van der Waals surface area (Å²) in [6.07, 6.45) is -1.01. The standard InChI is InChI=1S/C23H16BrClN2O4/c24-13-6-11-18(28)17(12-13)20-19-21(31-27(20)16-9-7-14(25)8-10-16)23(30)26(22(19)29)15-4-2-1-3-5-15/h1-12,19-21,28H/t19-,20-,21+/m0/s1. The third-order valence-electron chi connectivity index (χ3n) is 5.52. The van der Waals surface area contributed by atoms with E-state index >= 15 is 0 Å². The molecule has 31 heavy (non-hydrogen) atoms. The Morgan fingerprint density at radius 1 is 0.903 bits per heavy atom. The van der Waals surface area contributed by atoms with Crippen LogP contribution in [0.5, 0.6) is 5.75 Å². The molecule has 5 rings (SSSR count). The van der Waals surface area contributed by atoms with Gasteiger partial charge in [-0.2, -0.15) is 0 Å². The number of hydroxylamine groups is 1. The van der Waals surface area contributed by atoms with Crippen LogP contribution in [-0.4, -0.2) is 23.0 Å². The van der Waals surface area contributed by atoms with Crippen LogP contribution in [0.2, 0.25) is 5.02 Å². The molecule has 0 spiro atoms. The molecule has 0 aliphatic carbocycles. The number of benzene rings is 3. The van der Waals surface area contributed by atoms with E-state index < -0.39 is 24.0 Å². The number of rotatable bonds is 3. The number of hydrogen-bond donors (Lipinski definition) is 1. The van der Waals surface area contributed by atoms with E-state index in [9.17, 15) is 14.7 Å². The molecular weight excluding hydrogens is 484 g/mol. The molecule has 3 atom stereocenters. The number of para-hydroxylation sites is 1. The molecule has 2 aliphatic rings. The number of fused-ring (bicyclic) bond motifs is 1. The molecule has 3 aromatic rings. The largest absolute Gasteiger partial charge is 0.508 e. The molecule has 0 aromatic heterocycles. The molecule has 8 heteroatoms. The first-order chi connectivity index (χ1) is 15.0. The quantitative estimate of drug-likeness (QED) is 0.521. The average Bonchev–Trinajstić information content (AvgIpc) is 3.27. The highest BCUT2D eigenvalue weighted by atomic mass is 79.9. The third kappa shape index (κ3) is 3.29. The highest BCUT2D eigenvalue weighted by molar-refractivity contribution is 9.10. The Bertz CT molecular complexity index is 1170. The van der Waals surface area contributed by atoms with Gasteiger partial charge in [0.25, 0.3) is 5.91 Å². The Hall–Kier alpha value is -2.87. The Labute approximate surface area is 191 Å². The molecule has 0 bridgehead atoms. The summed E-state index contributed by atoms with van der Waals surface area (Å²) >= 11 is 9.45. The van der Waals surface area contributed by atoms with Gasteiger partial charge in [0.2, 0.25) is 5.91 Å². The minimum absolute atomic E-state index is 0.00910. The Kier molecular flexibility index (Phi) is 4.97. The minimum Gasteiger partial charge on any atom is -0.508 e. The Balaban J connectivity index is 1.63. The van der Waals surface area contributed by atoms with Crippen LogP contribution < -0.4 is 9.96 Å². The van der Waals surface area contributed by atoms with Gasteiger partial charge in [0.05, 0.1) is 17.4 Å². The summed E-state index contributed by atoms with van der Waals surface area (Å²) in [5, 5.41) is 12.7. The number of halogens is 2.